The molecule has 0 saturated carbocycles. The van der Waals surface area contributed by atoms with Gasteiger partial charge in [-0.3, -0.25) is 0 Å². The number of hydrogen-bond acceptors (Lipinski definition) is 4. The molecule has 0 aromatic carbocycles. The monoisotopic (exact) mass is 121 g/mol. The molecule has 48 valence electrons. The Balaban J connectivity index is 2.44. The number of aliphatic hydroxyl groups is 3. The van der Waals surface area contributed by atoms with Crippen molar-refractivity contribution < 1.29 is 20.1 Å². The van der Waals surface area contributed by atoms with Crippen LogP contribution in [-0.4, -0.2) is 40.4 Å². The van der Waals surface area contributed by atoms with Crippen molar-refractivity contribution in [1.29, 1.82) is 0 Å². The van der Waals surface area contributed by atoms with Crippen molar-refractivity contribution in [3.05, 3.63) is 0 Å². The quantitative estimate of drug-likeness (QED) is 0.326. The van der Waals surface area contributed by atoms with E-state index in [1.165, 1.54) is 0 Å². The van der Waals surface area contributed by atoms with E-state index >= 15 is 0 Å². The van der Waals surface area contributed by atoms with Gasteiger partial charge in [0.25, 0.3) is 0 Å². The normalized spacial score (nSPS) is 47.6. The highest BCUT2D eigenvalue weighted by molar-refractivity contribution is 4.75. The van der Waals surface area contributed by atoms with Gasteiger partial charge in [0, 0.05) is 0 Å². The molecule has 1 saturated heterocycles. The lowest BCUT2D eigenvalue weighted by molar-refractivity contribution is -0.111. The van der Waals surface area contributed by atoms with Crippen LogP contribution in [0.1, 0.15) is 0 Å². The van der Waals surface area contributed by atoms with Gasteiger partial charge in [-0.05, 0) is 0 Å². The van der Waals surface area contributed by atoms with Crippen LogP contribution in [0.2, 0.25) is 0 Å². The Bertz CT molecular complexity index is 74.1. The van der Waals surface area contributed by atoms with E-state index in [2.05, 4.69) is 4.74 Å². The van der Waals surface area contributed by atoms with E-state index in [1.807, 2.05) is 0 Å². The lowest BCUT2D eigenvalue weighted by Gasteiger charge is -2.06. The van der Waals surface area contributed by atoms with Gasteiger partial charge in [0.1, 0.15) is 12.2 Å². The van der Waals surface area contributed by atoms with E-state index in [1.54, 1.807) is 0 Å². The van der Waals surface area contributed by atoms with Gasteiger partial charge in [-0.25, -0.2) is 0 Å². The van der Waals surface area contributed by atoms with E-state index in [0.29, 0.717) is 0 Å². The molecule has 1 unspecified atom stereocenters. The zero-order valence-corrected chi connectivity index (χ0v) is 4.19. The third-order valence-electron chi connectivity index (χ3n) is 1.12. The van der Waals surface area contributed by atoms with Crippen LogP contribution in [-0.2, 0) is 4.74 Å². The minimum absolute atomic E-state index is 0.0162. The molecule has 3 N–H and O–H groups in total. The molecule has 1 heterocycles. The maximum Gasteiger partial charge on any atom is 0.183 e. The van der Waals surface area contributed by atoms with Gasteiger partial charge in [0.05, 0.1) is 6.61 Å². The molecule has 0 spiro atoms. The van der Waals surface area contributed by atoms with Gasteiger partial charge >= 0.3 is 0 Å². The predicted octanol–water partition coefficient (Wildman–Crippen LogP) is -1.94. The van der Waals surface area contributed by atoms with Crippen LogP contribution in [0.15, 0.2) is 0 Å². The second-order valence-corrected chi connectivity index (χ2v) is 1.78. The molecule has 0 radical (unpaired) electrons. The topological polar surface area (TPSA) is 69.9 Å². The van der Waals surface area contributed by atoms with Crippen molar-refractivity contribution in [1.82, 2.24) is 0 Å². The first-order valence-electron chi connectivity index (χ1n) is 2.37. The highest BCUT2D eigenvalue weighted by atomic mass is 16.7. The lowest BCUT2D eigenvalue weighted by Crippen LogP contribution is -2.29. The zero-order chi connectivity index (χ0) is 6.15. The summed E-state index contributed by atoms with van der Waals surface area (Å²) in [4.78, 5) is 0. The van der Waals surface area contributed by atoms with Gasteiger partial charge in [0.15, 0.2) is 6.29 Å². The van der Waals surface area contributed by atoms with Crippen LogP contribution < -0.4 is 0 Å². The molecule has 1 fully saturated rings. The summed E-state index contributed by atoms with van der Waals surface area (Å²) < 4.78 is 4.43. The zero-order valence-electron chi connectivity index (χ0n) is 4.19. The first kappa shape index (κ1) is 5.97. The summed E-state index contributed by atoms with van der Waals surface area (Å²) in [6, 6.07) is 0. The fourth-order valence-corrected chi connectivity index (χ4v) is 0.584. The van der Waals surface area contributed by atoms with Crippen molar-refractivity contribution in [2.45, 2.75) is 18.5 Å². The van der Waals surface area contributed by atoms with E-state index < -0.39 is 18.5 Å². The van der Waals surface area contributed by atoms with Crippen molar-refractivity contribution >= 4 is 0 Å². The summed E-state index contributed by atoms with van der Waals surface area (Å²) in [7, 11) is 0. The van der Waals surface area contributed by atoms with Crippen LogP contribution in [0.25, 0.3) is 0 Å². The molecule has 0 aromatic heterocycles. The fraction of sp³-hybridized carbons (Fsp3) is 1.00. The molecular formula is C4H8O4. The van der Waals surface area contributed by atoms with E-state index in [0.717, 1.165) is 0 Å². The smallest absolute Gasteiger partial charge is 0.183 e. The molecule has 1 rings (SSSR count). The van der Waals surface area contributed by atoms with Crippen LogP contribution in [0.5, 0.6) is 0 Å². The van der Waals surface area contributed by atoms with Gasteiger partial charge in [0.2, 0.25) is 0 Å². The van der Waals surface area contributed by atoms with Crippen LogP contribution in [0.3, 0.4) is 0 Å². The van der Waals surface area contributed by atoms with Gasteiger partial charge in [-0.2, -0.15) is 0 Å². The Morgan fingerprint density at radius 1 is 1.25 bits per heavy atom. The average molecular weight is 121 g/mol. The second-order valence-electron chi connectivity index (χ2n) is 1.78. The number of ether oxygens (including phenoxy) is 1. The Morgan fingerprint density at radius 2 is 1.88 bits per heavy atom. The van der Waals surface area contributed by atoms with Crippen LogP contribution in [0.4, 0.5) is 0 Å². The van der Waals surface area contributed by atoms with Gasteiger partial charge in [-0.15, -0.1) is 0 Å². The average Bonchev–Trinajstić information content (AvgIpc) is 1.98. The molecule has 1 aliphatic rings. The summed E-state index contributed by atoms with van der Waals surface area (Å²) in [5.74, 6) is 0. The molecule has 0 aliphatic carbocycles. The summed E-state index contributed by atoms with van der Waals surface area (Å²) in [6.45, 7) is 0.0162. The highest BCUT2D eigenvalue weighted by Crippen LogP contribution is 2.10. The molecule has 1 aliphatic heterocycles. The first-order chi connectivity index (χ1) is 3.72. The van der Waals surface area contributed by atoms with E-state index in [4.69, 9.17) is 15.3 Å². The van der Waals surface area contributed by atoms with Crippen LogP contribution >= 0.6 is 0 Å². The summed E-state index contributed by atoms with van der Waals surface area (Å²) in [5, 5.41) is 25.8. The Labute approximate surface area is 46.3 Å². The Kier molecular flexibility index (Phi) is 1.48. The van der Waals surface area contributed by atoms with Crippen LogP contribution in [0, 0.1) is 0 Å². The molecule has 0 amide bonds. The minimum Gasteiger partial charge on any atom is -0.388 e. The minimum atomic E-state index is -1.20. The SMILES string of the molecule is OC1OC[C@@H](O)[13C@@H]1O. The summed E-state index contributed by atoms with van der Waals surface area (Å²) in [5.41, 5.74) is 0. The van der Waals surface area contributed by atoms with Crippen molar-refractivity contribution in [3.63, 3.8) is 0 Å². The number of hydrogen-bond donors (Lipinski definition) is 3. The summed E-state index contributed by atoms with van der Waals surface area (Å²) in [6.07, 6.45) is -3.26. The second kappa shape index (κ2) is 1.99. The lowest BCUT2D eigenvalue weighted by atomic mass is 10.5. The van der Waals surface area contributed by atoms with Crippen molar-refractivity contribution in [3.8, 4) is 0 Å². The maximum absolute atomic E-state index is 8.64. The number of rotatable bonds is 0. The molecule has 4 nitrogen and oxygen atoms in total. The van der Waals surface area contributed by atoms with Crippen molar-refractivity contribution in [2.24, 2.45) is 0 Å². The Hall–Kier alpha value is -0.160. The molecule has 0 bridgehead atoms. The largest absolute Gasteiger partial charge is 0.388 e. The third-order valence-corrected chi connectivity index (χ3v) is 1.12. The molecule has 3 atom stereocenters. The molecule has 0 aromatic rings. The maximum atomic E-state index is 8.64. The van der Waals surface area contributed by atoms with Gasteiger partial charge in [-0.1, -0.05) is 0 Å². The molecular weight excluding hydrogens is 113 g/mol. The highest BCUT2D eigenvalue weighted by Gasteiger charge is 2.32. The standard InChI is InChI=1S/C4H8O4/c5-2-1-8-4(7)3(2)6/h2-7H,1H2/t2-,3+,4?/m1/s1/i3+1. The van der Waals surface area contributed by atoms with Crippen molar-refractivity contribution in [2.75, 3.05) is 6.61 Å². The van der Waals surface area contributed by atoms with Gasteiger partial charge < -0.3 is 20.1 Å². The summed E-state index contributed by atoms with van der Waals surface area (Å²) >= 11 is 0. The Morgan fingerprint density at radius 3 is 2.00 bits per heavy atom. The fourth-order valence-electron chi connectivity index (χ4n) is 0.584. The first-order valence-corrected chi connectivity index (χ1v) is 2.37. The van der Waals surface area contributed by atoms with E-state index in [9.17, 15) is 0 Å². The van der Waals surface area contributed by atoms with E-state index in [-0.39, 0.29) is 6.61 Å². The molecule has 4 heteroatoms. The number of aliphatic hydroxyl groups excluding tert-OH is 3. The predicted molar refractivity (Wildman–Crippen MR) is 24.0 cm³/mol. The molecule has 8 heavy (non-hydrogen) atoms. The third kappa shape index (κ3) is 0.830.